The summed E-state index contributed by atoms with van der Waals surface area (Å²) in [6.07, 6.45) is 6.16. The first-order valence-corrected chi connectivity index (χ1v) is 6.61. The summed E-state index contributed by atoms with van der Waals surface area (Å²) in [6.45, 7) is 1.18. The van der Waals surface area contributed by atoms with E-state index in [2.05, 4.69) is 6.08 Å². The smallest absolute Gasteiger partial charge is 0.161 e. The van der Waals surface area contributed by atoms with E-state index in [-0.39, 0.29) is 0 Å². The van der Waals surface area contributed by atoms with Crippen LogP contribution in [0.1, 0.15) is 37.4 Å². The van der Waals surface area contributed by atoms with Crippen molar-refractivity contribution in [3.05, 3.63) is 35.4 Å². The lowest BCUT2D eigenvalue weighted by Gasteiger charge is -2.22. The van der Waals surface area contributed by atoms with E-state index in [1.165, 1.54) is 12.8 Å². The predicted octanol–water partition coefficient (Wildman–Crippen LogP) is 2.99. The molecular weight excluding hydrogens is 228 g/mol. The summed E-state index contributed by atoms with van der Waals surface area (Å²) in [5, 5.41) is 10.4. The fourth-order valence-electron chi connectivity index (χ4n) is 2.56. The van der Waals surface area contributed by atoms with Crippen molar-refractivity contribution in [1.82, 2.24) is 0 Å². The van der Waals surface area contributed by atoms with Crippen LogP contribution in [0, 0.1) is 0 Å². The molecule has 0 saturated carbocycles. The largest absolute Gasteiger partial charge is 0.486 e. The second-order valence-electron chi connectivity index (χ2n) is 4.83. The van der Waals surface area contributed by atoms with Gasteiger partial charge in [0.25, 0.3) is 0 Å². The van der Waals surface area contributed by atoms with Crippen LogP contribution < -0.4 is 9.47 Å². The minimum Gasteiger partial charge on any atom is -0.486 e. The lowest BCUT2D eigenvalue weighted by atomic mass is 9.91. The van der Waals surface area contributed by atoms with Gasteiger partial charge >= 0.3 is 0 Å². The third kappa shape index (κ3) is 2.23. The van der Waals surface area contributed by atoms with Crippen LogP contribution in [0.25, 0.3) is 0 Å². The number of ether oxygens (including phenoxy) is 2. The highest BCUT2D eigenvalue weighted by atomic mass is 16.6. The Morgan fingerprint density at radius 2 is 1.89 bits per heavy atom. The standard InChI is InChI=1S/C15H18O3/c16-15(11-4-2-1-3-5-11)12-6-7-13-14(10-12)18-9-8-17-13/h4,6-7,10,15-16H,1-3,5,8-9H2. The van der Waals surface area contributed by atoms with Crippen molar-refractivity contribution in [3.63, 3.8) is 0 Å². The van der Waals surface area contributed by atoms with Crippen molar-refractivity contribution in [2.75, 3.05) is 13.2 Å². The van der Waals surface area contributed by atoms with Gasteiger partial charge in [0, 0.05) is 0 Å². The van der Waals surface area contributed by atoms with Crippen LogP contribution >= 0.6 is 0 Å². The summed E-state index contributed by atoms with van der Waals surface area (Å²) in [7, 11) is 0. The van der Waals surface area contributed by atoms with E-state index < -0.39 is 6.10 Å². The predicted molar refractivity (Wildman–Crippen MR) is 68.9 cm³/mol. The quantitative estimate of drug-likeness (QED) is 0.815. The van der Waals surface area contributed by atoms with Crippen LogP contribution in [-0.2, 0) is 0 Å². The first-order valence-electron chi connectivity index (χ1n) is 6.61. The molecule has 1 heterocycles. The number of rotatable bonds is 2. The summed E-state index contributed by atoms with van der Waals surface area (Å²) >= 11 is 0. The Bertz CT molecular complexity index is 465. The van der Waals surface area contributed by atoms with E-state index in [0.717, 1.165) is 35.5 Å². The maximum atomic E-state index is 10.4. The Balaban J connectivity index is 1.85. The highest BCUT2D eigenvalue weighted by Crippen LogP contribution is 2.36. The third-order valence-electron chi connectivity index (χ3n) is 3.56. The number of hydrogen-bond donors (Lipinski definition) is 1. The number of aliphatic hydroxyl groups is 1. The van der Waals surface area contributed by atoms with Crippen molar-refractivity contribution < 1.29 is 14.6 Å². The van der Waals surface area contributed by atoms with Crippen LogP contribution in [0.4, 0.5) is 0 Å². The van der Waals surface area contributed by atoms with E-state index in [1.54, 1.807) is 0 Å². The average Bonchev–Trinajstić information content (AvgIpc) is 2.47. The Kier molecular flexibility index (Phi) is 3.24. The zero-order valence-corrected chi connectivity index (χ0v) is 10.4. The van der Waals surface area contributed by atoms with Gasteiger partial charge in [0.15, 0.2) is 11.5 Å². The summed E-state index contributed by atoms with van der Waals surface area (Å²) in [4.78, 5) is 0. The zero-order valence-electron chi connectivity index (χ0n) is 10.4. The van der Waals surface area contributed by atoms with Crippen LogP contribution in [-0.4, -0.2) is 18.3 Å². The highest BCUT2D eigenvalue weighted by molar-refractivity contribution is 5.45. The molecule has 1 aromatic carbocycles. The van der Waals surface area contributed by atoms with Gasteiger partial charge in [-0.15, -0.1) is 0 Å². The van der Waals surface area contributed by atoms with Gasteiger partial charge in [-0.05, 0) is 49.0 Å². The first-order chi connectivity index (χ1) is 8.84. The van der Waals surface area contributed by atoms with E-state index in [4.69, 9.17) is 9.47 Å². The first kappa shape index (κ1) is 11.6. The van der Waals surface area contributed by atoms with Crippen molar-refractivity contribution >= 4 is 0 Å². The van der Waals surface area contributed by atoms with E-state index in [9.17, 15) is 5.11 Å². The van der Waals surface area contributed by atoms with E-state index in [1.807, 2.05) is 18.2 Å². The molecule has 18 heavy (non-hydrogen) atoms. The highest BCUT2D eigenvalue weighted by Gasteiger charge is 2.18. The van der Waals surface area contributed by atoms with Crippen molar-refractivity contribution in [3.8, 4) is 11.5 Å². The zero-order chi connectivity index (χ0) is 12.4. The van der Waals surface area contributed by atoms with Gasteiger partial charge in [0.05, 0.1) is 0 Å². The SMILES string of the molecule is OC(C1=CCCCC1)c1ccc2c(c1)OCCO2. The normalized spacial score (nSPS) is 20.2. The minimum absolute atomic E-state index is 0.499. The van der Waals surface area contributed by atoms with Gasteiger partial charge in [-0.2, -0.15) is 0 Å². The van der Waals surface area contributed by atoms with Crippen LogP contribution in [0.15, 0.2) is 29.8 Å². The Hall–Kier alpha value is -1.48. The van der Waals surface area contributed by atoms with E-state index in [0.29, 0.717) is 13.2 Å². The minimum atomic E-state index is -0.499. The number of hydrogen-bond acceptors (Lipinski definition) is 3. The number of aliphatic hydroxyl groups excluding tert-OH is 1. The molecule has 0 aromatic heterocycles. The van der Waals surface area contributed by atoms with Crippen LogP contribution in [0.2, 0.25) is 0 Å². The molecule has 3 heteroatoms. The van der Waals surface area contributed by atoms with Gasteiger partial charge in [-0.25, -0.2) is 0 Å². The summed E-state index contributed by atoms with van der Waals surface area (Å²) in [5.41, 5.74) is 2.03. The molecule has 3 nitrogen and oxygen atoms in total. The Labute approximate surface area is 107 Å². The molecule has 96 valence electrons. The molecular formula is C15H18O3. The molecule has 1 aromatic rings. The third-order valence-corrected chi connectivity index (χ3v) is 3.56. The number of allylic oxidation sites excluding steroid dienone is 1. The van der Waals surface area contributed by atoms with Gasteiger partial charge in [0.1, 0.15) is 19.3 Å². The molecule has 0 amide bonds. The Morgan fingerprint density at radius 1 is 1.06 bits per heavy atom. The second kappa shape index (κ2) is 5.02. The average molecular weight is 246 g/mol. The van der Waals surface area contributed by atoms with Crippen molar-refractivity contribution in [1.29, 1.82) is 0 Å². The molecule has 1 aliphatic heterocycles. The molecule has 0 fully saturated rings. The molecule has 1 N–H and O–H groups in total. The topological polar surface area (TPSA) is 38.7 Å². The van der Waals surface area contributed by atoms with Gasteiger partial charge in [-0.1, -0.05) is 12.1 Å². The molecule has 3 rings (SSSR count). The molecule has 0 saturated heterocycles. The number of benzene rings is 1. The molecule has 1 atom stereocenters. The molecule has 0 bridgehead atoms. The van der Waals surface area contributed by atoms with Gasteiger partial charge < -0.3 is 14.6 Å². The lowest BCUT2D eigenvalue weighted by Crippen LogP contribution is -2.15. The van der Waals surface area contributed by atoms with Crippen molar-refractivity contribution in [2.24, 2.45) is 0 Å². The summed E-state index contributed by atoms with van der Waals surface area (Å²) < 4.78 is 11.0. The van der Waals surface area contributed by atoms with Gasteiger partial charge in [0.2, 0.25) is 0 Å². The fraction of sp³-hybridized carbons (Fsp3) is 0.467. The summed E-state index contributed by atoms with van der Waals surface area (Å²) in [6, 6.07) is 5.71. The molecule has 0 spiro atoms. The van der Waals surface area contributed by atoms with Gasteiger partial charge in [-0.3, -0.25) is 0 Å². The molecule has 0 radical (unpaired) electrons. The number of fused-ring (bicyclic) bond motifs is 1. The molecule has 2 aliphatic rings. The van der Waals surface area contributed by atoms with Crippen molar-refractivity contribution in [2.45, 2.75) is 31.8 Å². The monoisotopic (exact) mass is 246 g/mol. The van der Waals surface area contributed by atoms with Crippen LogP contribution in [0.5, 0.6) is 11.5 Å². The Morgan fingerprint density at radius 3 is 2.67 bits per heavy atom. The summed E-state index contributed by atoms with van der Waals surface area (Å²) in [5.74, 6) is 1.52. The lowest BCUT2D eigenvalue weighted by molar-refractivity contribution is 0.169. The molecule has 1 aliphatic carbocycles. The second-order valence-corrected chi connectivity index (χ2v) is 4.83. The fourth-order valence-corrected chi connectivity index (χ4v) is 2.56. The van der Waals surface area contributed by atoms with Crippen LogP contribution in [0.3, 0.4) is 0 Å². The maximum absolute atomic E-state index is 10.4. The molecule has 1 unspecified atom stereocenters. The maximum Gasteiger partial charge on any atom is 0.161 e. The van der Waals surface area contributed by atoms with E-state index >= 15 is 0 Å².